The molecule has 0 aliphatic rings. The van der Waals surface area contributed by atoms with Crippen molar-refractivity contribution in [3.8, 4) is 5.75 Å². The smallest absolute Gasteiger partial charge is 0.250 e. The molecule has 0 N–H and O–H groups in total. The zero-order valence-electron chi connectivity index (χ0n) is 13.4. The number of benzene rings is 2. The number of anilines is 1. The second-order valence-corrected chi connectivity index (χ2v) is 5.61. The van der Waals surface area contributed by atoms with Crippen molar-refractivity contribution in [1.29, 1.82) is 0 Å². The van der Waals surface area contributed by atoms with Gasteiger partial charge in [0.25, 0.3) is 5.91 Å². The summed E-state index contributed by atoms with van der Waals surface area (Å²) in [6, 6.07) is 14.4. The number of alkyl halides is 1. The molecule has 0 saturated carbocycles. The summed E-state index contributed by atoms with van der Waals surface area (Å²) in [5.74, 6) is 0.452. The van der Waals surface area contributed by atoms with Crippen molar-refractivity contribution in [2.24, 2.45) is 0 Å². The summed E-state index contributed by atoms with van der Waals surface area (Å²) in [7, 11) is 1.69. The van der Waals surface area contributed by atoms with Crippen molar-refractivity contribution in [2.45, 2.75) is 6.42 Å². The number of hydrogen-bond donors (Lipinski definition) is 0. The molecule has 0 radical (unpaired) electrons. The lowest BCUT2D eigenvalue weighted by Crippen LogP contribution is -2.23. The Labute approximate surface area is 146 Å². The zero-order chi connectivity index (χ0) is 17.4. The number of amides is 1. The number of rotatable bonds is 7. The Hall–Kier alpha value is -2.33. The average Bonchev–Trinajstić information content (AvgIpc) is 2.61. The molecule has 0 heterocycles. The number of ether oxygens (including phenoxy) is 1. The van der Waals surface area contributed by atoms with E-state index >= 15 is 0 Å². The summed E-state index contributed by atoms with van der Waals surface area (Å²) < 4.78 is 17.6. The second-order valence-electron chi connectivity index (χ2n) is 5.17. The summed E-state index contributed by atoms with van der Waals surface area (Å²) in [6.45, 7) is -0.0956. The number of hydrogen-bond acceptors (Lipinski definition) is 2. The normalized spacial score (nSPS) is 10.8. The lowest BCUT2D eigenvalue weighted by molar-refractivity contribution is -0.113. The fourth-order valence-electron chi connectivity index (χ4n) is 2.01. The van der Waals surface area contributed by atoms with Gasteiger partial charge in [0.15, 0.2) is 0 Å². The summed E-state index contributed by atoms with van der Waals surface area (Å²) in [6.07, 6.45) is 3.58. The highest BCUT2D eigenvalue weighted by Gasteiger charge is 2.08. The SMILES string of the molecule is CN(C(=O)/C=C/c1ccc(Cl)cc1)c1cccc(OCCCF)c1. The fourth-order valence-corrected chi connectivity index (χ4v) is 2.13. The van der Waals surface area contributed by atoms with E-state index in [4.69, 9.17) is 16.3 Å². The number of carbonyl (C=O) groups is 1. The first kappa shape index (κ1) is 18.0. The zero-order valence-corrected chi connectivity index (χ0v) is 14.2. The van der Waals surface area contributed by atoms with Crippen LogP contribution in [0.3, 0.4) is 0 Å². The first-order chi connectivity index (χ1) is 11.6. The maximum Gasteiger partial charge on any atom is 0.250 e. The molecule has 0 bridgehead atoms. The molecule has 126 valence electrons. The molecule has 0 unspecified atom stereocenters. The summed E-state index contributed by atoms with van der Waals surface area (Å²) >= 11 is 5.83. The van der Waals surface area contributed by atoms with Crippen LogP contribution < -0.4 is 9.64 Å². The molecule has 24 heavy (non-hydrogen) atoms. The van der Waals surface area contributed by atoms with Crippen LogP contribution in [0.4, 0.5) is 10.1 Å². The van der Waals surface area contributed by atoms with E-state index in [0.717, 1.165) is 5.56 Å². The molecule has 0 aliphatic heterocycles. The summed E-state index contributed by atoms with van der Waals surface area (Å²) in [5.41, 5.74) is 1.60. The number of halogens is 2. The molecule has 3 nitrogen and oxygen atoms in total. The van der Waals surface area contributed by atoms with Gasteiger partial charge in [-0.2, -0.15) is 0 Å². The Kier molecular flexibility index (Phi) is 6.82. The molecule has 0 saturated heterocycles. The van der Waals surface area contributed by atoms with Crippen LogP contribution in [0.25, 0.3) is 6.08 Å². The maximum atomic E-state index is 12.3. The number of likely N-dealkylation sites (N-methyl/N-ethyl adjacent to an activating group) is 1. The largest absolute Gasteiger partial charge is 0.493 e. The molecule has 0 spiro atoms. The van der Waals surface area contributed by atoms with E-state index in [0.29, 0.717) is 29.5 Å². The van der Waals surface area contributed by atoms with Gasteiger partial charge in [-0.3, -0.25) is 9.18 Å². The van der Waals surface area contributed by atoms with E-state index in [9.17, 15) is 9.18 Å². The Morgan fingerprint density at radius 2 is 2.00 bits per heavy atom. The van der Waals surface area contributed by atoms with Crippen LogP contribution in [0.15, 0.2) is 54.6 Å². The Balaban J connectivity index is 2.01. The quantitative estimate of drug-likeness (QED) is 0.534. The third-order valence-electron chi connectivity index (χ3n) is 3.37. The van der Waals surface area contributed by atoms with E-state index in [1.807, 2.05) is 18.2 Å². The van der Waals surface area contributed by atoms with Crippen LogP contribution in [0.5, 0.6) is 5.75 Å². The van der Waals surface area contributed by atoms with Gasteiger partial charge in [-0.15, -0.1) is 0 Å². The first-order valence-corrected chi connectivity index (χ1v) is 7.98. The highest BCUT2D eigenvalue weighted by molar-refractivity contribution is 6.30. The summed E-state index contributed by atoms with van der Waals surface area (Å²) in [5, 5.41) is 0.653. The van der Waals surface area contributed by atoms with Gasteiger partial charge in [0, 0.05) is 36.3 Å². The minimum Gasteiger partial charge on any atom is -0.493 e. The third kappa shape index (κ3) is 5.39. The molecule has 0 aromatic heterocycles. The van der Waals surface area contributed by atoms with Gasteiger partial charge >= 0.3 is 0 Å². The maximum absolute atomic E-state index is 12.3. The fraction of sp³-hybridized carbons (Fsp3) is 0.211. The van der Waals surface area contributed by atoms with Crippen LogP contribution >= 0.6 is 11.6 Å². The van der Waals surface area contributed by atoms with E-state index in [-0.39, 0.29) is 5.91 Å². The van der Waals surface area contributed by atoms with E-state index in [1.54, 1.807) is 43.5 Å². The second kappa shape index (κ2) is 9.08. The van der Waals surface area contributed by atoms with Crippen molar-refractivity contribution in [2.75, 3.05) is 25.2 Å². The molecule has 2 aromatic rings. The van der Waals surface area contributed by atoms with Crippen LogP contribution in [0, 0.1) is 0 Å². The lowest BCUT2D eigenvalue weighted by Gasteiger charge is -2.16. The Bertz CT molecular complexity index is 701. The minimum absolute atomic E-state index is 0.161. The predicted octanol–water partition coefficient (Wildman–Crippen LogP) is 4.75. The highest BCUT2D eigenvalue weighted by atomic mass is 35.5. The van der Waals surface area contributed by atoms with Gasteiger partial charge in [0.05, 0.1) is 13.3 Å². The van der Waals surface area contributed by atoms with Gasteiger partial charge in [-0.25, -0.2) is 0 Å². The Morgan fingerprint density at radius 3 is 2.71 bits per heavy atom. The van der Waals surface area contributed by atoms with E-state index < -0.39 is 6.67 Å². The van der Waals surface area contributed by atoms with Crippen LogP contribution in [-0.4, -0.2) is 26.2 Å². The Morgan fingerprint density at radius 1 is 1.25 bits per heavy atom. The van der Waals surface area contributed by atoms with Crippen LogP contribution in [-0.2, 0) is 4.79 Å². The molecular formula is C19H19ClFNO2. The lowest BCUT2D eigenvalue weighted by atomic mass is 10.2. The molecule has 2 rings (SSSR count). The van der Waals surface area contributed by atoms with Crippen LogP contribution in [0.2, 0.25) is 5.02 Å². The van der Waals surface area contributed by atoms with Crippen molar-refractivity contribution >= 4 is 29.3 Å². The van der Waals surface area contributed by atoms with Gasteiger partial charge in [-0.05, 0) is 35.9 Å². The molecule has 0 atom stereocenters. The van der Waals surface area contributed by atoms with Crippen molar-refractivity contribution < 1.29 is 13.9 Å². The molecule has 0 aliphatic carbocycles. The van der Waals surface area contributed by atoms with E-state index in [2.05, 4.69) is 0 Å². The number of carbonyl (C=O) groups excluding carboxylic acids is 1. The van der Waals surface area contributed by atoms with Crippen molar-refractivity contribution in [3.63, 3.8) is 0 Å². The highest BCUT2D eigenvalue weighted by Crippen LogP contribution is 2.21. The van der Waals surface area contributed by atoms with Gasteiger partial charge in [0.1, 0.15) is 5.75 Å². The first-order valence-electron chi connectivity index (χ1n) is 7.60. The van der Waals surface area contributed by atoms with Crippen molar-refractivity contribution in [1.82, 2.24) is 0 Å². The topological polar surface area (TPSA) is 29.5 Å². The average molecular weight is 348 g/mol. The van der Waals surface area contributed by atoms with Crippen LogP contribution in [0.1, 0.15) is 12.0 Å². The molecule has 0 fully saturated rings. The molecular weight excluding hydrogens is 329 g/mol. The molecule has 2 aromatic carbocycles. The predicted molar refractivity (Wildman–Crippen MR) is 96.4 cm³/mol. The van der Waals surface area contributed by atoms with Gasteiger partial charge < -0.3 is 9.64 Å². The van der Waals surface area contributed by atoms with Gasteiger partial charge in [0.2, 0.25) is 0 Å². The molecule has 5 heteroatoms. The van der Waals surface area contributed by atoms with E-state index in [1.165, 1.54) is 11.0 Å². The number of nitrogens with zero attached hydrogens (tertiary/aromatic N) is 1. The standard InChI is InChI=1S/C19H19ClFNO2/c1-22(17-4-2-5-18(14-17)24-13-3-12-21)19(23)11-8-15-6-9-16(20)10-7-15/h2,4-11,14H,3,12-13H2,1H3/b11-8+. The minimum atomic E-state index is -0.409. The van der Waals surface area contributed by atoms with Gasteiger partial charge in [-0.1, -0.05) is 29.8 Å². The summed E-state index contributed by atoms with van der Waals surface area (Å²) in [4.78, 5) is 13.8. The van der Waals surface area contributed by atoms with Crippen molar-refractivity contribution in [3.05, 3.63) is 65.2 Å². The third-order valence-corrected chi connectivity index (χ3v) is 3.62. The monoisotopic (exact) mass is 347 g/mol. The molecule has 1 amide bonds.